The van der Waals surface area contributed by atoms with E-state index in [1.165, 1.54) is 11.3 Å². The van der Waals surface area contributed by atoms with Gasteiger partial charge in [0.1, 0.15) is 0 Å². The van der Waals surface area contributed by atoms with E-state index in [1.807, 2.05) is 41.8 Å². The highest BCUT2D eigenvalue weighted by Crippen LogP contribution is 2.23. The third-order valence-corrected chi connectivity index (χ3v) is 4.22. The van der Waals surface area contributed by atoms with Gasteiger partial charge in [-0.25, -0.2) is 4.98 Å². The molecule has 2 N–H and O–H groups in total. The molecule has 2 aromatic heterocycles. The summed E-state index contributed by atoms with van der Waals surface area (Å²) in [5.41, 5.74) is 2.56. The van der Waals surface area contributed by atoms with Crippen LogP contribution in [0.4, 0.5) is 10.8 Å². The van der Waals surface area contributed by atoms with E-state index < -0.39 is 0 Å². The molecule has 0 atom stereocenters. The molecule has 0 unspecified atom stereocenters. The number of pyridine rings is 1. The van der Waals surface area contributed by atoms with Crippen LogP contribution in [0.5, 0.6) is 0 Å². The van der Waals surface area contributed by atoms with E-state index in [0.29, 0.717) is 11.6 Å². The molecule has 1 aromatic carbocycles. The van der Waals surface area contributed by atoms with Gasteiger partial charge in [-0.1, -0.05) is 23.7 Å². The minimum absolute atomic E-state index is 0.0709. The molecule has 0 bridgehead atoms. The SMILES string of the molecule is O=C(Cc1csc(Nc2cccc(Cl)c2)n1)NCc1cccnc1. The number of aromatic nitrogens is 2. The van der Waals surface area contributed by atoms with Crippen molar-refractivity contribution in [1.82, 2.24) is 15.3 Å². The molecule has 3 rings (SSSR count). The number of amides is 1. The molecule has 2 heterocycles. The molecule has 0 radical (unpaired) electrons. The van der Waals surface area contributed by atoms with Crippen molar-refractivity contribution in [1.29, 1.82) is 0 Å². The van der Waals surface area contributed by atoms with Crippen molar-refractivity contribution in [2.24, 2.45) is 0 Å². The number of carbonyl (C=O) groups is 1. The van der Waals surface area contributed by atoms with Crippen LogP contribution >= 0.6 is 22.9 Å². The number of nitrogens with one attached hydrogen (secondary N) is 2. The zero-order valence-corrected chi connectivity index (χ0v) is 14.3. The zero-order chi connectivity index (χ0) is 16.8. The van der Waals surface area contributed by atoms with Gasteiger partial charge in [-0.3, -0.25) is 9.78 Å². The summed E-state index contributed by atoms with van der Waals surface area (Å²) >= 11 is 7.41. The van der Waals surface area contributed by atoms with Crippen LogP contribution in [-0.4, -0.2) is 15.9 Å². The van der Waals surface area contributed by atoms with Crippen molar-refractivity contribution < 1.29 is 4.79 Å². The fraction of sp³-hybridized carbons (Fsp3) is 0.118. The van der Waals surface area contributed by atoms with Crippen molar-refractivity contribution in [3.63, 3.8) is 0 Å². The van der Waals surface area contributed by atoms with Crippen LogP contribution in [0.25, 0.3) is 0 Å². The van der Waals surface area contributed by atoms with Crippen LogP contribution in [0.15, 0.2) is 54.2 Å². The number of thiazole rings is 1. The van der Waals surface area contributed by atoms with Crippen LogP contribution in [-0.2, 0) is 17.8 Å². The number of hydrogen-bond acceptors (Lipinski definition) is 5. The predicted molar refractivity (Wildman–Crippen MR) is 96.6 cm³/mol. The first-order valence-electron chi connectivity index (χ1n) is 7.31. The second-order valence-electron chi connectivity index (χ2n) is 5.09. The normalized spacial score (nSPS) is 10.4. The lowest BCUT2D eigenvalue weighted by molar-refractivity contribution is -0.120. The fourth-order valence-electron chi connectivity index (χ4n) is 2.07. The van der Waals surface area contributed by atoms with Gasteiger partial charge < -0.3 is 10.6 Å². The van der Waals surface area contributed by atoms with E-state index in [9.17, 15) is 4.79 Å². The van der Waals surface area contributed by atoms with Crippen molar-refractivity contribution in [2.75, 3.05) is 5.32 Å². The summed E-state index contributed by atoms with van der Waals surface area (Å²) in [5, 5.41) is 9.30. The molecular weight excluding hydrogens is 344 g/mol. The van der Waals surface area contributed by atoms with Gasteiger partial charge in [0.15, 0.2) is 5.13 Å². The van der Waals surface area contributed by atoms with E-state index in [0.717, 1.165) is 22.1 Å². The van der Waals surface area contributed by atoms with E-state index >= 15 is 0 Å². The average molecular weight is 359 g/mol. The average Bonchev–Trinajstić information content (AvgIpc) is 3.01. The van der Waals surface area contributed by atoms with E-state index in [1.54, 1.807) is 12.4 Å². The highest BCUT2D eigenvalue weighted by molar-refractivity contribution is 7.13. The Morgan fingerprint density at radius 3 is 2.96 bits per heavy atom. The summed E-state index contributed by atoms with van der Waals surface area (Å²) in [6.45, 7) is 0.463. The molecule has 0 fully saturated rings. The number of benzene rings is 1. The van der Waals surface area contributed by atoms with Crippen molar-refractivity contribution in [3.05, 3.63) is 70.5 Å². The molecule has 7 heteroatoms. The van der Waals surface area contributed by atoms with Crippen molar-refractivity contribution in [2.45, 2.75) is 13.0 Å². The lowest BCUT2D eigenvalue weighted by Crippen LogP contribution is -2.24. The summed E-state index contributed by atoms with van der Waals surface area (Å²) < 4.78 is 0. The maximum atomic E-state index is 12.0. The van der Waals surface area contributed by atoms with Crippen LogP contribution in [0.1, 0.15) is 11.3 Å². The van der Waals surface area contributed by atoms with Gasteiger partial charge in [0, 0.05) is 35.0 Å². The Bertz CT molecular complexity index is 822. The minimum Gasteiger partial charge on any atom is -0.352 e. The largest absolute Gasteiger partial charge is 0.352 e. The summed E-state index contributed by atoms with van der Waals surface area (Å²) in [6.07, 6.45) is 3.68. The van der Waals surface area contributed by atoms with Crippen LogP contribution in [0.2, 0.25) is 5.02 Å². The summed E-state index contributed by atoms with van der Waals surface area (Å²) in [4.78, 5) is 20.4. The molecule has 5 nitrogen and oxygen atoms in total. The molecule has 0 aliphatic heterocycles. The predicted octanol–water partition coefficient (Wildman–Crippen LogP) is 3.79. The molecule has 0 aliphatic carbocycles. The van der Waals surface area contributed by atoms with Crippen molar-refractivity contribution >= 4 is 39.7 Å². The molecule has 0 aliphatic rings. The zero-order valence-electron chi connectivity index (χ0n) is 12.7. The number of anilines is 2. The van der Waals surface area contributed by atoms with Gasteiger partial charge in [-0.15, -0.1) is 11.3 Å². The summed E-state index contributed by atoms with van der Waals surface area (Å²) in [7, 11) is 0. The first kappa shape index (κ1) is 16.4. The van der Waals surface area contributed by atoms with E-state index in [2.05, 4.69) is 20.6 Å². The van der Waals surface area contributed by atoms with E-state index in [4.69, 9.17) is 11.6 Å². The van der Waals surface area contributed by atoms with Gasteiger partial charge in [-0.05, 0) is 29.8 Å². The first-order valence-corrected chi connectivity index (χ1v) is 8.57. The third-order valence-electron chi connectivity index (χ3n) is 3.18. The molecule has 24 heavy (non-hydrogen) atoms. The Balaban J connectivity index is 1.53. The second-order valence-corrected chi connectivity index (χ2v) is 6.39. The van der Waals surface area contributed by atoms with Crippen molar-refractivity contribution in [3.8, 4) is 0 Å². The second kappa shape index (κ2) is 7.90. The number of nitrogens with zero attached hydrogens (tertiary/aromatic N) is 2. The molecule has 0 spiro atoms. The molecule has 1 amide bonds. The maximum Gasteiger partial charge on any atom is 0.226 e. The molecule has 0 saturated carbocycles. The van der Waals surface area contributed by atoms with Gasteiger partial charge >= 0.3 is 0 Å². The van der Waals surface area contributed by atoms with Crippen LogP contribution in [0.3, 0.4) is 0 Å². The fourth-order valence-corrected chi connectivity index (χ4v) is 2.99. The Morgan fingerprint density at radius 1 is 1.25 bits per heavy atom. The lowest BCUT2D eigenvalue weighted by atomic mass is 10.2. The Hall–Kier alpha value is -2.44. The standard InChI is InChI=1S/C17H15ClN4OS/c18-13-4-1-5-14(7-13)21-17-22-15(11-24-17)8-16(23)20-10-12-3-2-6-19-9-12/h1-7,9,11H,8,10H2,(H,20,23)(H,21,22). The topological polar surface area (TPSA) is 66.9 Å². The van der Waals surface area contributed by atoms with Gasteiger partial charge in [0.25, 0.3) is 0 Å². The highest BCUT2D eigenvalue weighted by atomic mass is 35.5. The molecular formula is C17H15ClN4OS. The minimum atomic E-state index is -0.0709. The number of hydrogen-bond donors (Lipinski definition) is 2. The molecule has 122 valence electrons. The number of rotatable bonds is 6. The summed E-state index contributed by atoms with van der Waals surface area (Å²) in [5.74, 6) is -0.0709. The van der Waals surface area contributed by atoms with Crippen LogP contribution in [0, 0.1) is 0 Å². The van der Waals surface area contributed by atoms with Gasteiger partial charge in [0.2, 0.25) is 5.91 Å². The smallest absolute Gasteiger partial charge is 0.226 e. The van der Waals surface area contributed by atoms with Gasteiger partial charge in [0.05, 0.1) is 12.1 Å². The molecule has 0 saturated heterocycles. The Labute approximate surface area is 148 Å². The number of carbonyl (C=O) groups excluding carboxylic acids is 1. The lowest BCUT2D eigenvalue weighted by Gasteiger charge is -2.04. The van der Waals surface area contributed by atoms with Gasteiger partial charge in [-0.2, -0.15) is 0 Å². The first-order chi connectivity index (χ1) is 11.7. The third kappa shape index (κ3) is 4.78. The highest BCUT2D eigenvalue weighted by Gasteiger charge is 2.08. The Morgan fingerprint density at radius 2 is 2.17 bits per heavy atom. The Kier molecular flexibility index (Phi) is 5.40. The number of halogens is 1. The quantitative estimate of drug-likeness (QED) is 0.703. The monoisotopic (exact) mass is 358 g/mol. The summed E-state index contributed by atoms with van der Waals surface area (Å²) in [6, 6.07) is 11.2. The maximum absolute atomic E-state index is 12.0. The van der Waals surface area contributed by atoms with Crippen LogP contribution < -0.4 is 10.6 Å². The van der Waals surface area contributed by atoms with E-state index in [-0.39, 0.29) is 12.3 Å². The molecule has 3 aromatic rings.